The van der Waals surface area contributed by atoms with Crippen LogP contribution in [-0.4, -0.2) is 127 Å². The zero-order valence-corrected chi connectivity index (χ0v) is 38.0. The highest BCUT2D eigenvalue weighted by Crippen LogP contribution is 2.33. The summed E-state index contributed by atoms with van der Waals surface area (Å²) in [7, 11) is 2.60. The Morgan fingerprint density at radius 2 is 1.09 bits per heavy atom. The maximum Gasteiger partial charge on any atom is 0.407 e. The van der Waals surface area contributed by atoms with E-state index in [0.717, 1.165) is 21.6 Å². The third-order valence-electron chi connectivity index (χ3n) is 11.6. The Labute approximate surface area is 394 Å². The van der Waals surface area contributed by atoms with Crippen LogP contribution < -0.4 is 21.3 Å². The Bertz CT molecular complexity index is 2210. The molecule has 1 aliphatic heterocycles. The number of rotatable bonds is 18. The lowest BCUT2D eigenvalue weighted by Crippen LogP contribution is -2.73. The van der Waals surface area contributed by atoms with Gasteiger partial charge in [-0.1, -0.05) is 121 Å². The SMILES string of the molecule is CO[C@H]1[C@@H](O)[C@H](NC(=O)OCc2ccccc2)[C@@H](O[C@@H]2O[C@H]([C@H](C)NC(=O)OCc3ccccc3)CC[C@H]2NC(=O)OCc2ccccc2)[C@@H](O)[C@H]1N(C)C(=O)CNC(=O)OCc1ccccc1. The fourth-order valence-electron chi connectivity index (χ4n) is 7.94. The molecule has 19 nitrogen and oxygen atoms in total. The van der Waals surface area contributed by atoms with E-state index in [4.69, 9.17) is 33.2 Å². The smallest absolute Gasteiger partial charge is 0.407 e. The van der Waals surface area contributed by atoms with Gasteiger partial charge in [0.05, 0.1) is 30.3 Å². The number of hydrogen-bond acceptors (Lipinski definition) is 14. The van der Waals surface area contributed by atoms with E-state index in [1.165, 1.54) is 14.2 Å². The number of aliphatic hydroxyl groups excluding tert-OH is 2. The molecule has 6 N–H and O–H groups in total. The summed E-state index contributed by atoms with van der Waals surface area (Å²) in [5.74, 6) is -0.707. The topological polar surface area (TPSA) is 242 Å². The molecule has 0 aromatic heterocycles. The van der Waals surface area contributed by atoms with Gasteiger partial charge in [0.25, 0.3) is 0 Å². The van der Waals surface area contributed by atoms with Gasteiger partial charge in [0.2, 0.25) is 5.91 Å². The van der Waals surface area contributed by atoms with Crippen molar-refractivity contribution in [2.24, 2.45) is 0 Å². The average molecular weight is 942 g/mol. The molecule has 4 aromatic rings. The molecule has 4 aromatic carbocycles. The first kappa shape index (κ1) is 50.6. The van der Waals surface area contributed by atoms with Crippen LogP contribution >= 0.6 is 0 Å². The minimum atomic E-state index is -1.75. The first-order chi connectivity index (χ1) is 32.9. The van der Waals surface area contributed by atoms with Crippen molar-refractivity contribution in [2.75, 3.05) is 20.7 Å². The normalized spacial score (nSPS) is 23.7. The van der Waals surface area contributed by atoms with Crippen molar-refractivity contribution >= 4 is 30.3 Å². The van der Waals surface area contributed by atoms with Crippen molar-refractivity contribution in [3.05, 3.63) is 144 Å². The van der Waals surface area contributed by atoms with Crippen molar-refractivity contribution in [1.82, 2.24) is 26.2 Å². The Morgan fingerprint density at radius 1 is 0.632 bits per heavy atom. The molecule has 1 saturated carbocycles. The van der Waals surface area contributed by atoms with Gasteiger partial charge in [0.1, 0.15) is 57.4 Å². The standard InChI is InChI=1S/C49H59N5O14/c1-31(51-47(59)64-28-33-18-10-5-11-19-33)37-25-24-36(52-48(60)65-29-34-20-12-6-13-21-34)45(67-37)68-43-39(53-49(61)66-30-35-22-14-7-15-23-35)41(56)44(62-3)40(42(43)57)54(2)38(55)26-50-46(58)63-27-32-16-8-4-9-17-32/h4-23,31,36-37,39-45,56-57H,24-30H2,1-3H3,(H,50,58)(H,51,59)(H,52,60)(H,53,61)/t31-,36+,37-,39-,40+,41-,42-,43+,44+,45-/m0/s1. The lowest BCUT2D eigenvalue weighted by atomic mass is 9.80. The number of hydrogen-bond donors (Lipinski definition) is 6. The first-order valence-electron chi connectivity index (χ1n) is 22.2. The van der Waals surface area contributed by atoms with Crippen LogP contribution in [-0.2, 0) is 64.4 Å². The Kier molecular flexibility index (Phi) is 18.9. The molecule has 364 valence electrons. The highest BCUT2D eigenvalue weighted by Gasteiger charge is 2.55. The number of carbonyl (C=O) groups is 5. The van der Waals surface area contributed by atoms with E-state index in [2.05, 4.69) is 21.3 Å². The van der Waals surface area contributed by atoms with Gasteiger partial charge in [-0.25, -0.2) is 19.2 Å². The molecule has 19 heteroatoms. The molecule has 6 rings (SSSR count). The molecule has 68 heavy (non-hydrogen) atoms. The van der Waals surface area contributed by atoms with Crippen LogP contribution in [0, 0.1) is 0 Å². The number of alkyl carbamates (subject to hydrolysis) is 4. The molecule has 0 spiro atoms. The molecule has 10 atom stereocenters. The number of carbonyl (C=O) groups excluding carboxylic acids is 5. The van der Waals surface area contributed by atoms with Crippen LogP contribution in [0.5, 0.6) is 0 Å². The first-order valence-corrected chi connectivity index (χ1v) is 22.2. The molecule has 0 radical (unpaired) electrons. The third kappa shape index (κ3) is 14.6. The Morgan fingerprint density at radius 3 is 1.57 bits per heavy atom. The van der Waals surface area contributed by atoms with E-state index in [1.807, 2.05) is 42.5 Å². The van der Waals surface area contributed by atoms with Crippen molar-refractivity contribution < 1.29 is 67.3 Å². The molecular weight excluding hydrogens is 883 g/mol. The number of aliphatic hydroxyl groups is 2. The van der Waals surface area contributed by atoms with E-state index in [-0.39, 0.29) is 32.8 Å². The molecule has 5 amide bonds. The Hall–Kier alpha value is -6.77. The van der Waals surface area contributed by atoms with E-state index < -0.39 is 97.8 Å². The Balaban J connectivity index is 1.22. The number of likely N-dealkylation sites (N-methyl/N-ethyl adjacent to an activating group) is 1. The molecule has 2 aliphatic rings. The van der Waals surface area contributed by atoms with Gasteiger partial charge in [-0.2, -0.15) is 0 Å². The third-order valence-corrected chi connectivity index (χ3v) is 11.6. The summed E-state index contributed by atoms with van der Waals surface area (Å²) >= 11 is 0. The molecule has 2 fully saturated rings. The zero-order chi connectivity index (χ0) is 48.4. The van der Waals surface area contributed by atoms with Gasteiger partial charge in [-0.15, -0.1) is 0 Å². The van der Waals surface area contributed by atoms with E-state index in [0.29, 0.717) is 12.0 Å². The van der Waals surface area contributed by atoms with Crippen molar-refractivity contribution in [3.8, 4) is 0 Å². The number of nitrogens with zero attached hydrogens (tertiary/aromatic N) is 1. The number of nitrogens with one attached hydrogen (secondary N) is 4. The highest BCUT2D eigenvalue weighted by atomic mass is 16.7. The maximum atomic E-state index is 13.7. The summed E-state index contributed by atoms with van der Waals surface area (Å²) in [5.41, 5.74) is 2.92. The average Bonchev–Trinajstić information content (AvgIpc) is 3.36. The molecule has 1 aliphatic carbocycles. The van der Waals surface area contributed by atoms with Crippen LogP contribution in [0.3, 0.4) is 0 Å². The van der Waals surface area contributed by atoms with Crippen LogP contribution in [0.15, 0.2) is 121 Å². The fraction of sp³-hybridized carbons (Fsp3) is 0.408. The quantitative estimate of drug-likeness (QED) is 0.0764. The summed E-state index contributed by atoms with van der Waals surface area (Å²) in [6, 6.07) is 31.5. The second kappa shape index (κ2) is 25.4. The largest absolute Gasteiger partial charge is 0.445 e. The van der Waals surface area contributed by atoms with E-state index >= 15 is 0 Å². The monoisotopic (exact) mass is 941 g/mol. The summed E-state index contributed by atoms with van der Waals surface area (Å²) < 4.78 is 40.5. The lowest BCUT2D eigenvalue weighted by Gasteiger charge is -2.51. The van der Waals surface area contributed by atoms with Gasteiger partial charge < -0.3 is 69.5 Å². The lowest BCUT2D eigenvalue weighted by molar-refractivity contribution is -0.272. The van der Waals surface area contributed by atoms with E-state index in [1.54, 1.807) is 85.8 Å². The van der Waals surface area contributed by atoms with Crippen LogP contribution in [0.2, 0.25) is 0 Å². The van der Waals surface area contributed by atoms with Crippen LogP contribution in [0.25, 0.3) is 0 Å². The highest BCUT2D eigenvalue weighted by molar-refractivity contribution is 5.82. The summed E-state index contributed by atoms with van der Waals surface area (Å²) in [4.78, 5) is 67.2. The molecule has 1 saturated heterocycles. The fourth-order valence-corrected chi connectivity index (χ4v) is 7.94. The summed E-state index contributed by atoms with van der Waals surface area (Å²) in [6.45, 7) is 0.918. The van der Waals surface area contributed by atoms with Gasteiger partial charge >= 0.3 is 24.4 Å². The number of amides is 5. The molecular formula is C49H59N5O14. The minimum Gasteiger partial charge on any atom is -0.445 e. The molecule has 0 bridgehead atoms. The number of ether oxygens (including phenoxy) is 7. The van der Waals surface area contributed by atoms with Crippen molar-refractivity contribution in [3.63, 3.8) is 0 Å². The second-order valence-electron chi connectivity index (χ2n) is 16.4. The van der Waals surface area contributed by atoms with Gasteiger partial charge in [0, 0.05) is 14.2 Å². The van der Waals surface area contributed by atoms with Gasteiger partial charge in [0.15, 0.2) is 6.29 Å². The van der Waals surface area contributed by atoms with Crippen LogP contribution in [0.1, 0.15) is 42.0 Å². The number of methoxy groups -OCH3 is 1. The number of benzene rings is 4. The second-order valence-corrected chi connectivity index (χ2v) is 16.4. The molecule has 1 heterocycles. The summed E-state index contributed by atoms with van der Waals surface area (Å²) in [6.07, 6.45) is -11.4. The van der Waals surface area contributed by atoms with E-state index in [9.17, 15) is 34.2 Å². The zero-order valence-electron chi connectivity index (χ0n) is 38.0. The van der Waals surface area contributed by atoms with Gasteiger partial charge in [-0.3, -0.25) is 4.79 Å². The maximum absolute atomic E-state index is 13.7. The van der Waals surface area contributed by atoms with Gasteiger partial charge in [-0.05, 0) is 42.0 Å². The molecule has 0 unspecified atom stereocenters. The predicted molar refractivity (Wildman–Crippen MR) is 243 cm³/mol. The van der Waals surface area contributed by atoms with Crippen molar-refractivity contribution in [2.45, 2.75) is 107 Å². The minimum absolute atomic E-state index is 0.0206. The summed E-state index contributed by atoms with van der Waals surface area (Å²) in [5, 5.41) is 35.0. The van der Waals surface area contributed by atoms with Crippen LogP contribution in [0.4, 0.5) is 19.2 Å². The van der Waals surface area contributed by atoms with Crippen molar-refractivity contribution in [1.29, 1.82) is 0 Å². The predicted octanol–water partition coefficient (Wildman–Crippen LogP) is 4.29.